The number of thioether (sulfide) groups is 1. The minimum atomic E-state index is -0.114. The number of anilines is 1. The number of fused-ring (bicyclic) bond motifs is 1. The van der Waals surface area contributed by atoms with Gasteiger partial charge in [0, 0.05) is 17.1 Å². The first-order valence-corrected chi connectivity index (χ1v) is 12.3. The number of hydrogen-bond acceptors (Lipinski definition) is 5. The van der Waals surface area contributed by atoms with Crippen molar-refractivity contribution in [1.29, 1.82) is 0 Å². The van der Waals surface area contributed by atoms with E-state index in [0.717, 1.165) is 27.3 Å². The maximum absolute atomic E-state index is 13.1. The number of rotatable bonds is 6. The van der Waals surface area contributed by atoms with Crippen molar-refractivity contribution in [3.05, 3.63) is 75.6 Å². The van der Waals surface area contributed by atoms with Gasteiger partial charge in [0.15, 0.2) is 5.16 Å². The number of carbonyl (C=O) groups excluding carboxylic acids is 1. The van der Waals surface area contributed by atoms with Gasteiger partial charge in [0.05, 0.1) is 11.3 Å². The highest BCUT2D eigenvalue weighted by Gasteiger charge is 2.16. The molecule has 4 rings (SSSR count). The zero-order valence-corrected chi connectivity index (χ0v) is 20.2. The maximum Gasteiger partial charge on any atom is 0.272 e. The molecular weight excluding hydrogens is 438 g/mol. The number of aromatic nitrogens is 2. The van der Waals surface area contributed by atoms with E-state index >= 15 is 0 Å². The Bertz CT molecular complexity index is 1330. The van der Waals surface area contributed by atoms with Crippen LogP contribution in [0.3, 0.4) is 0 Å². The van der Waals surface area contributed by atoms with Crippen LogP contribution in [0.5, 0.6) is 0 Å². The number of aryl methyl sites for hydroxylation is 3. The third-order valence-corrected chi connectivity index (χ3v) is 7.38. The summed E-state index contributed by atoms with van der Waals surface area (Å²) in [6.45, 7) is 8.45. The summed E-state index contributed by atoms with van der Waals surface area (Å²) in [6, 6.07) is 16.1. The van der Waals surface area contributed by atoms with Crippen LogP contribution in [0.25, 0.3) is 20.7 Å². The zero-order valence-electron chi connectivity index (χ0n) is 18.6. The minimum Gasteiger partial charge on any atom is -0.325 e. The van der Waals surface area contributed by atoms with Crippen LogP contribution >= 0.6 is 23.1 Å². The molecule has 5 nitrogen and oxygen atoms in total. The third-order valence-electron chi connectivity index (χ3n) is 5.25. The van der Waals surface area contributed by atoms with Gasteiger partial charge in [0.25, 0.3) is 5.56 Å². The number of nitrogens with zero attached hydrogens (tertiary/aromatic N) is 2. The summed E-state index contributed by atoms with van der Waals surface area (Å²) in [5.41, 5.74) is 5.78. The number of carbonyl (C=O) groups is 1. The molecule has 2 aromatic carbocycles. The molecule has 2 heterocycles. The van der Waals surface area contributed by atoms with Gasteiger partial charge in [0.2, 0.25) is 5.91 Å². The summed E-state index contributed by atoms with van der Waals surface area (Å²) in [4.78, 5) is 31.5. The van der Waals surface area contributed by atoms with E-state index in [0.29, 0.717) is 21.9 Å². The fourth-order valence-electron chi connectivity index (χ4n) is 3.81. The summed E-state index contributed by atoms with van der Waals surface area (Å²) >= 11 is 2.75. The van der Waals surface area contributed by atoms with Gasteiger partial charge in [-0.05, 0) is 50.5 Å². The zero-order chi connectivity index (χ0) is 22.8. The second-order valence-corrected chi connectivity index (χ2v) is 9.74. The normalized spacial score (nSPS) is 11.1. The summed E-state index contributed by atoms with van der Waals surface area (Å²) in [5, 5.41) is 3.58. The van der Waals surface area contributed by atoms with E-state index in [9.17, 15) is 9.59 Å². The van der Waals surface area contributed by atoms with Gasteiger partial charge >= 0.3 is 0 Å². The lowest BCUT2D eigenvalue weighted by atomic mass is 10.1. The molecule has 0 bridgehead atoms. The Morgan fingerprint density at radius 1 is 1.09 bits per heavy atom. The van der Waals surface area contributed by atoms with Crippen LogP contribution in [0.1, 0.15) is 23.6 Å². The van der Waals surface area contributed by atoms with Crippen molar-refractivity contribution < 1.29 is 4.79 Å². The van der Waals surface area contributed by atoms with Crippen LogP contribution in [0.2, 0.25) is 0 Å². The van der Waals surface area contributed by atoms with Gasteiger partial charge in [-0.3, -0.25) is 14.2 Å². The van der Waals surface area contributed by atoms with E-state index in [4.69, 9.17) is 4.98 Å². The van der Waals surface area contributed by atoms with E-state index in [1.54, 1.807) is 4.57 Å². The minimum absolute atomic E-state index is 0.0576. The molecule has 0 saturated carbocycles. The molecule has 1 amide bonds. The highest BCUT2D eigenvalue weighted by Crippen LogP contribution is 2.32. The second kappa shape index (κ2) is 9.30. The van der Waals surface area contributed by atoms with E-state index in [-0.39, 0.29) is 17.2 Å². The van der Waals surface area contributed by atoms with Gasteiger partial charge < -0.3 is 5.32 Å². The van der Waals surface area contributed by atoms with Crippen molar-refractivity contribution in [2.24, 2.45) is 0 Å². The first-order chi connectivity index (χ1) is 15.4. The fraction of sp³-hybridized carbons (Fsp3) is 0.240. The second-order valence-electron chi connectivity index (χ2n) is 7.75. The average molecular weight is 464 g/mol. The molecule has 0 saturated heterocycles. The lowest BCUT2D eigenvalue weighted by Gasteiger charge is -2.13. The lowest BCUT2D eigenvalue weighted by Crippen LogP contribution is -2.23. The van der Waals surface area contributed by atoms with Gasteiger partial charge in [-0.15, -0.1) is 11.3 Å². The molecule has 0 radical (unpaired) electrons. The first-order valence-electron chi connectivity index (χ1n) is 10.5. The Morgan fingerprint density at radius 2 is 1.78 bits per heavy atom. The molecule has 164 valence electrons. The Labute approximate surface area is 195 Å². The van der Waals surface area contributed by atoms with Crippen LogP contribution in [0.4, 0.5) is 5.69 Å². The molecule has 2 aromatic heterocycles. The first kappa shape index (κ1) is 22.3. The average Bonchev–Trinajstić information content (AvgIpc) is 3.20. The van der Waals surface area contributed by atoms with Crippen LogP contribution in [0, 0.1) is 20.8 Å². The number of thiophene rings is 1. The van der Waals surface area contributed by atoms with Gasteiger partial charge in [-0.25, -0.2) is 4.98 Å². The topological polar surface area (TPSA) is 64.0 Å². The Kier molecular flexibility index (Phi) is 6.48. The van der Waals surface area contributed by atoms with Crippen molar-refractivity contribution >= 4 is 44.9 Å². The van der Waals surface area contributed by atoms with Crippen LogP contribution in [-0.2, 0) is 11.3 Å². The molecule has 0 spiro atoms. The molecule has 0 fully saturated rings. The monoisotopic (exact) mass is 463 g/mol. The molecule has 4 aromatic rings. The van der Waals surface area contributed by atoms with Crippen molar-refractivity contribution in [2.45, 2.75) is 39.4 Å². The van der Waals surface area contributed by atoms with E-state index in [1.807, 2.05) is 64.1 Å². The van der Waals surface area contributed by atoms with Gasteiger partial charge in [-0.1, -0.05) is 59.8 Å². The van der Waals surface area contributed by atoms with Gasteiger partial charge in [-0.2, -0.15) is 0 Å². The lowest BCUT2D eigenvalue weighted by molar-refractivity contribution is -0.113. The van der Waals surface area contributed by atoms with E-state index < -0.39 is 0 Å². The van der Waals surface area contributed by atoms with Crippen LogP contribution in [0.15, 0.2) is 58.5 Å². The number of benzene rings is 2. The summed E-state index contributed by atoms with van der Waals surface area (Å²) < 4.78 is 2.29. The number of amides is 1. The number of nitrogens with one attached hydrogen (secondary N) is 1. The molecule has 0 aliphatic rings. The van der Waals surface area contributed by atoms with Crippen molar-refractivity contribution in [1.82, 2.24) is 9.55 Å². The highest BCUT2D eigenvalue weighted by atomic mass is 32.2. The highest BCUT2D eigenvalue weighted by molar-refractivity contribution is 7.99. The number of hydrogen-bond donors (Lipinski definition) is 1. The fourth-order valence-corrected chi connectivity index (χ4v) is 5.72. The predicted octanol–water partition coefficient (Wildman–Crippen LogP) is 5.80. The molecular formula is C25H25N3O2S2. The molecule has 0 aliphatic heterocycles. The summed E-state index contributed by atoms with van der Waals surface area (Å²) in [6.07, 6.45) is 0. The third kappa shape index (κ3) is 4.49. The largest absolute Gasteiger partial charge is 0.325 e. The quantitative estimate of drug-likeness (QED) is 0.290. The Balaban J connectivity index is 1.59. The summed E-state index contributed by atoms with van der Waals surface area (Å²) in [5.74, 6) is 0.0674. The van der Waals surface area contributed by atoms with Crippen molar-refractivity contribution in [3.8, 4) is 10.4 Å². The van der Waals surface area contributed by atoms with Crippen molar-refractivity contribution in [3.63, 3.8) is 0 Å². The molecule has 32 heavy (non-hydrogen) atoms. The van der Waals surface area contributed by atoms with Crippen molar-refractivity contribution in [2.75, 3.05) is 11.1 Å². The molecule has 0 aliphatic carbocycles. The van der Waals surface area contributed by atoms with Crippen LogP contribution in [-0.4, -0.2) is 21.2 Å². The predicted molar refractivity (Wildman–Crippen MR) is 135 cm³/mol. The Hall–Kier alpha value is -2.90. The SMILES string of the molecule is CCn1c(SCC(=O)Nc2c(C)cc(C)cc2C)nc2cc(-c3ccccc3)sc2c1=O. The van der Waals surface area contributed by atoms with Gasteiger partial charge in [0.1, 0.15) is 4.70 Å². The van der Waals surface area contributed by atoms with E-state index in [1.165, 1.54) is 28.7 Å². The smallest absolute Gasteiger partial charge is 0.272 e. The van der Waals surface area contributed by atoms with E-state index in [2.05, 4.69) is 17.4 Å². The maximum atomic E-state index is 13.1. The molecule has 0 atom stereocenters. The standard InChI is InChI=1S/C25H25N3O2S2/c1-5-28-24(30)23-19(13-20(32-23)18-9-7-6-8-10-18)26-25(28)31-14-21(29)27-22-16(3)11-15(2)12-17(22)4/h6-13H,5,14H2,1-4H3,(H,27,29). The summed E-state index contributed by atoms with van der Waals surface area (Å²) in [7, 11) is 0. The van der Waals surface area contributed by atoms with Crippen LogP contribution < -0.4 is 10.9 Å². The molecule has 0 unspecified atom stereocenters. The molecule has 7 heteroatoms. The molecule has 1 N–H and O–H groups in total. The Morgan fingerprint density at radius 3 is 2.44 bits per heavy atom.